The van der Waals surface area contributed by atoms with Crippen molar-refractivity contribution in [2.24, 2.45) is 0 Å². The first-order chi connectivity index (χ1) is 8.21. The van der Waals surface area contributed by atoms with E-state index in [4.69, 9.17) is 10.8 Å². The van der Waals surface area contributed by atoms with Crippen LogP contribution < -0.4 is 5.32 Å². The SMILES string of the molecule is C#CCN(CCC)Cc1cc(CNC)c(C)o1. The zero-order valence-corrected chi connectivity index (χ0v) is 11.0. The lowest BCUT2D eigenvalue weighted by molar-refractivity contribution is 0.270. The number of nitrogens with one attached hydrogen (secondary N) is 1. The molecular weight excluding hydrogens is 212 g/mol. The van der Waals surface area contributed by atoms with Crippen LogP contribution in [0.15, 0.2) is 10.5 Å². The van der Waals surface area contributed by atoms with Gasteiger partial charge in [-0.2, -0.15) is 0 Å². The summed E-state index contributed by atoms with van der Waals surface area (Å²) in [4.78, 5) is 2.22. The third kappa shape index (κ3) is 4.26. The van der Waals surface area contributed by atoms with Gasteiger partial charge in [-0.25, -0.2) is 0 Å². The Morgan fingerprint density at radius 2 is 2.29 bits per heavy atom. The quantitative estimate of drug-likeness (QED) is 0.733. The predicted octanol–water partition coefficient (Wildman–Crippen LogP) is 2.15. The predicted molar refractivity (Wildman–Crippen MR) is 70.6 cm³/mol. The molecule has 0 aromatic carbocycles. The molecule has 3 heteroatoms. The number of terminal acetylenes is 1. The molecule has 0 saturated carbocycles. The van der Waals surface area contributed by atoms with Crippen LogP contribution in [0.3, 0.4) is 0 Å². The van der Waals surface area contributed by atoms with Crippen molar-refractivity contribution >= 4 is 0 Å². The first-order valence-corrected chi connectivity index (χ1v) is 6.09. The summed E-state index contributed by atoms with van der Waals surface area (Å²) in [5.74, 6) is 4.68. The highest BCUT2D eigenvalue weighted by Crippen LogP contribution is 2.16. The summed E-state index contributed by atoms with van der Waals surface area (Å²) in [6.07, 6.45) is 6.47. The number of nitrogens with zero attached hydrogens (tertiary/aromatic N) is 1. The second-order valence-corrected chi connectivity index (χ2v) is 4.24. The van der Waals surface area contributed by atoms with E-state index in [1.165, 1.54) is 5.56 Å². The number of hydrogen-bond donors (Lipinski definition) is 1. The molecule has 0 aliphatic rings. The van der Waals surface area contributed by atoms with Crippen LogP contribution in [0.25, 0.3) is 0 Å². The van der Waals surface area contributed by atoms with Crippen molar-refractivity contribution in [3.63, 3.8) is 0 Å². The van der Waals surface area contributed by atoms with Gasteiger partial charge in [0.25, 0.3) is 0 Å². The fourth-order valence-electron chi connectivity index (χ4n) is 1.91. The summed E-state index contributed by atoms with van der Waals surface area (Å²) < 4.78 is 5.74. The van der Waals surface area contributed by atoms with Crippen LogP contribution in [-0.4, -0.2) is 25.0 Å². The molecular formula is C14H22N2O. The normalized spacial score (nSPS) is 10.8. The molecule has 1 aromatic rings. The molecule has 0 spiro atoms. The molecule has 0 aliphatic carbocycles. The van der Waals surface area contributed by atoms with E-state index in [0.29, 0.717) is 6.54 Å². The largest absolute Gasteiger partial charge is 0.465 e. The third-order valence-corrected chi connectivity index (χ3v) is 2.67. The molecule has 0 radical (unpaired) electrons. The maximum Gasteiger partial charge on any atom is 0.118 e. The number of hydrogen-bond acceptors (Lipinski definition) is 3. The zero-order chi connectivity index (χ0) is 12.7. The average Bonchev–Trinajstić information content (AvgIpc) is 2.61. The molecule has 0 unspecified atom stereocenters. The second kappa shape index (κ2) is 7.16. The number of furan rings is 1. The van der Waals surface area contributed by atoms with E-state index in [9.17, 15) is 0 Å². The van der Waals surface area contributed by atoms with Gasteiger partial charge in [0.05, 0.1) is 13.1 Å². The molecule has 0 saturated heterocycles. The van der Waals surface area contributed by atoms with Gasteiger partial charge in [0.1, 0.15) is 11.5 Å². The van der Waals surface area contributed by atoms with Crippen LogP contribution in [0.1, 0.15) is 30.4 Å². The third-order valence-electron chi connectivity index (χ3n) is 2.67. The smallest absolute Gasteiger partial charge is 0.118 e. The van der Waals surface area contributed by atoms with Crippen LogP contribution in [0.2, 0.25) is 0 Å². The molecule has 17 heavy (non-hydrogen) atoms. The van der Waals surface area contributed by atoms with E-state index in [1.807, 2.05) is 14.0 Å². The van der Waals surface area contributed by atoms with Crippen molar-refractivity contribution in [2.75, 3.05) is 20.1 Å². The fourth-order valence-corrected chi connectivity index (χ4v) is 1.91. The van der Waals surface area contributed by atoms with Crippen LogP contribution in [0.4, 0.5) is 0 Å². The van der Waals surface area contributed by atoms with Crippen LogP contribution in [0.5, 0.6) is 0 Å². The highest BCUT2D eigenvalue weighted by Gasteiger charge is 2.10. The molecule has 94 valence electrons. The highest BCUT2D eigenvalue weighted by molar-refractivity contribution is 5.20. The maximum absolute atomic E-state index is 5.74. The Hall–Kier alpha value is -1.24. The van der Waals surface area contributed by atoms with Crippen molar-refractivity contribution in [1.29, 1.82) is 0 Å². The molecule has 0 bridgehead atoms. The Labute approximate surface area is 104 Å². The lowest BCUT2D eigenvalue weighted by Gasteiger charge is -2.16. The first kappa shape index (κ1) is 13.8. The first-order valence-electron chi connectivity index (χ1n) is 6.09. The zero-order valence-electron chi connectivity index (χ0n) is 11.0. The van der Waals surface area contributed by atoms with E-state index in [0.717, 1.165) is 37.6 Å². The summed E-state index contributed by atoms with van der Waals surface area (Å²) in [6, 6.07) is 2.12. The minimum atomic E-state index is 0.676. The molecule has 1 heterocycles. The molecule has 0 fully saturated rings. The molecule has 1 rings (SSSR count). The van der Waals surface area contributed by atoms with E-state index in [2.05, 4.69) is 29.1 Å². The summed E-state index contributed by atoms with van der Waals surface area (Å²) in [6.45, 7) is 7.48. The Balaban J connectivity index is 2.65. The Morgan fingerprint density at radius 1 is 1.53 bits per heavy atom. The standard InChI is InChI=1S/C14H22N2O/c1-5-7-16(8-6-2)11-14-9-13(10-15-4)12(3)17-14/h1,9,15H,6-8,10-11H2,2-4H3. The molecule has 1 N–H and O–H groups in total. The fraction of sp³-hybridized carbons (Fsp3) is 0.571. The van der Waals surface area contributed by atoms with Crippen LogP contribution in [-0.2, 0) is 13.1 Å². The second-order valence-electron chi connectivity index (χ2n) is 4.24. The Morgan fingerprint density at radius 3 is 2.88 bits per heavy atom. The number of rotatable bonds is 7. The number of aryl methyl sites for hydroxylation is 1. The molecule has 0 atom stereocenters. The van der Waals surface area contributed by atoms with Crippen molar-refractivity contribution < 1.29 is 4.42 Å². The van der Waals surface area contributed by atoms with Crippen molar-refractivity contribution in [3.8, 4) is 12.3 Å². The van der Waals surface area contributed by atoms with Gasteiger partial charge in [0.15, 0.2) is 0 Å². The molecule has 3 nitrogen and oxygen atoms in total. The maximum atomic E-state index is 5.74. The van der Waals surface area contributed by atoms with E-state index < -0.39 is 0 Å². The highest BCUT2D eigenvalue weighted by atomic mass is 16.3. The van der Waals surface area contributed by atoms with Gasteiger partial charge in [0.2, 0.25) is 0 Å². The summed E-state index contributed by atoms with van der Waals surface area (Å²) in [7, 11) is 1.94. The van der Waals surface area contributed by atoms with Gasteiger partial charge in [-0.05, 0) is 33.0 Å². The van der Waals surface area contributed by atoms with Crippen molar-refractivity contribution in [1.82, 2.24) is 10.2 Å². The van der Waals surface area contributed by atoms with Crippen molar-refractivity contribution in [3.05, 3.63) is 23.2 Å². The van der Waals surface area contributed by atoms with Gasteiger partial charge in [-0.15, -0.1) is 6.42 Å². The van der Waals surface area contributed by atoms with Gasteiger partial charge < -0.3 is 9.73 Å². The van der Waals surface area contributed by atoms with Crippen LogP contribution >= 0.6 is 0 Å². The lowest BCUT2D eigenvalue weighted by Crippen LogP contribution is -2.24. The molecule has 0 aliphatic heterocycles. The van der Waals surface area contributed by atoms with Crippen molar-refractivity contribution in [2.45, 2.75) is 33.4 Å². The minimum absolute atomic E-state index is 0.676. The molecule has 0 amide bonds. The Bertz CT molecular complexity index is 376. The van der Waals surface area contributed by atoms with E-state index in [1.54, 1.807) is 0 Å². The van der Waals surface area contributed by atoms with Crippen LogP contribution in [0, 0.1) is 19.3 Å². The minimum Gasteiger partial charge on any atom is -0.465 e. The van der Waals surface area contributed by atoms with Gasteiger partial charge >= 0.3 is 0 Å². The van der Waals surface area contributed by atoms with Gasteiger partial charge in [-0.3, -0.25) is 4.90 Å². The van der Waals surface area contributed by atoms with E-state index >= 15 is 0 Å². The molecule has 1 aromatic heterocycles. The summed E-state index contributed by atoms with van der Waals surface area (Å²) in [5, 5.41) is 3.14. The topological polar surface area (TPSA) is 28.4 Å². The van der Waals surface area contributed by atoms with E-state index in [-0.39, 0.29) is 0 Å². The average molecular weight is 234 g/mol. The van der Waals surface area contributed by atoms with Gasteiger partial charge in [-0.1, -0.05) is 12.8 Å². The monoisotopic (exact) mass is 234 g/mol. The summed E-state index contributed by atoms with van der Waals surface area (Å²) >= 11 is 0. The van der Waals surface area contributed by atoms with Gasteiger partial charge in [0, 0.05) is 12.1 Å². The lowest BCUT2D eigenvalue weighted by atomic mass is 10.2. The summed E-state index contributed by atoms with van der Waals surface area (Å²) in [5.41, 5.74) is 1.22. The Kier molecular flexibility index (Phi) is 5.82.